The molecular formula is C14H18INO3. The van der Waals surface area contributed by atoms with E-state index in [1.165, 1.54) is 11.8 Å². The van der Waals surface area contributed by atoms with Crippen LogP contribution in [0.2, 0.25) is 0 Å². The van der Waals surface area contributed by atoms with Crippen molar-refractivity contribution in [3.63, 3.8) is 0 Å². The Labute approximate surface area is 127 Å². The molecule has 0 spiro atoms. The zero-order chi connectivity index (χ0) is 14.6. The molecule has 0 N–H and O–H groups in total. The van der Waals surface area contributed by atoms with Crippen molar-refractivity contribution < 1.29 is 14.3 Å². The molecule has 5 heteroatoms. The highest BCUT2D eigenvalue weighted by atomic mass is 127. The molecule has 0 unspecified atom stereocenters. The first-order valence-corrected chi connectivity index (χ1v) is 7.03. The number of hydrogen-bond acceptors (Lipinski definition) is 3. The van der Waals surface area contributed by atoms with Gasteiger partial charge in [-0.25, -0.2) is 0 Å². The number of esters is 1. The van der Waals surface area contributed by atoms with Gasteiger partial charge >= 0.3 is 5.97 Å². The van der Waals surface area contributed by atoms with Crippen LogP contribution in [0.25, 0.3) is 0 Å². The van der Waals surface area contributed by atoms with Crippen LogP contribution in [0.1, 0.15) is 27.7 Å². The van der Waals surface area contributed by atoms with Crippen LogP contribution >= 0.6 is 22.6 Å². The maximum Gasteiger partial charge on any atom is 0.326 e. The number of para-hydroxylation sites is 1. The Kier molecular flexibility index (Phi) is 5.34. The first-order valence-electron chi connectivity index (χ1n) is 5.95. The van der Waals surface area contributed by atoms with E-state index in [1.807, 2.05) is 24.3 Å². The summed E-state index contributed by atoms with van der Waals surface area (Å²) in [5.74, 6) is -0.600. The highest BCUT2D eigenvalue weighted by Crippen LogP contribution is 2.22. The molecule has 0 aliphatic carbocycles. The Balaban J connectivity index is 2.89. The van der Waals surface area contributed by atoms with Crippen LogP contribution < -0.4 is 4.90 Å². The SMILES string of the molecule is CC(=O)N(CC(=O)OC(C)(C)C)c1ccccc1I. The van der Waals surface area contributed by atoms with E-state index < -0.39 is 11.6 Å². The second-order valence-corrected chi connectivity index (χ2v) is 6.31. The predicted octanol–water partition coefficient (Wildman–Crippen LogP) is 2.99. The Morgan fingerprint density at radius 2 is 1.84 bits per heavy atom. The van der Waals surface area contributed by atoms with Crippen molar-refractivity contribution in [3.05, 3.63) is 27.8 Å². The summed E-state index contributed by atoms with van der Waals surface area (Å²) in [6, 6.07) is 7.42. The van der Waals surface area contributed by atoms with Crippen LogP contribution in [-0.4, -0.2) is 24.0 Å². The molecule has 0 bridgehead atoms. The Hall–Kier alpha value is -1.11. The monoisotopic (exact) mass is 375 g/mol. The fourth-order valence-corrected chi connectivity index (χ4v) is 2.22. The minimum absolute atomic E-state index is 0.0768. The fraction of sp³-hybridized carbons (Fsp3) is 0.429. The summed E-state index contributed by atoms with van der Waals surface area (Å²) in [4.78, 5) is 25.0. The predicted molar refractivity (Wildman–Crippen MR) is 83.0 cm³/mol. The van der Waals surface area contributed by atoms with E-state index in [0.29, 0.717) is 0 Å². The third kappa shape index (κ3) is 5.18. The largest absolute Gasteiger partial charge is 0.459 e. The fourth-order valence-electron chi connectivity index (χ4n) is 1.54. The summed E-state index contributed by atoms with van der Waals surface area (Å²) in [6.45, 7) is 6.76. The number of hydrogen-bond donors (Lipinski definition) is 0. The van der Waals surface area contributed by atoms with Gasteiger partial charge in [0.15, 0.2) is 0 Å². The Bertz CT molecular complexity index is 480. The molecule has 1 amide bonds. The number of amides is 1. The number of carbonyl (C=O) groups is 2. The van der Waals surface area contributed by atoms with E-state index in [2.05, 4.69) is 22.6 Å². The highest BCUT2D eigenvalue weighted by molar-refractivity contribution is 14.1. The molecule has 1 aromatic carbocycles. The Morgan fingerprint density at radius 3 is 2.32 bits per heavy atom. The molecule has 1 rings (SSSR count). The van der Waals surface area contributed by atoms with Crippen LogP contribution in [0.5, 0.6) is 0 Å². The van der Waals surface area contributed by atoms with Crippen molar-refractivity contribution in [1.29, 1.82) is 0 Å². The van der Waals surface area contributed by atoms with Crippen molar-refractivity contribution in [2.24, 2.45) is 0 Å². The van der Waals surface area contributed by atoms with Crippen molar-refractivity contribution in [1.82, 2.24) is 0 Å². The van der Waals surface area contributed by atoms with Crippen LogP contribution in [0.4, 0.5) is 5.69 Å². The number of anilines is 1. The van der Waals surface area contributed by atoms with Gasteiger partial charge in [0.1, 0.15) is 12.1 Å². The van der Waals surface area contributed by atoms with E-state index >= 15 is 0 Å². The third-order valence-corrected chi connectivity index (χ3v) is 3.14. The van der Waals surface area contributed by atoms with Crippen molar-refractivity contribution in [2.45, 2.75) is 33.3 Å². The van der Waals surface area contributed by atoms with Crippen molar-refractivity contribution in [2.75, 3.05) is 11.4 Å². The van der Waals surface area contributed by atoms with Crippen LogP contribution in [0.15, 0.2) is 24.3 Å². The average molecular weight is 375 g/mol. The Morgan fingerprint density at radius 1 is 1.26 bits per heavy atom. The maximum atomic E-state index is 11.8. The van der Waals surface area contributed by atoms with E-state index in [1.54, 1.807) is 20.8 Å². The van der Waals surface area contributed by atoms with Gasteiger partial charge in [-0.1, -0.05) is 12.1 Å². The quantitative estimate of drug-likeness (QED) is 0.603. The highest BCUT2D eigenvalue weighted by Gasteiger charge is 2.22. The molecule has 0 aliphatic rings. The van der Waals surface area contributed by atoms with Crippen LogP contribution in [0, 0.1) is 3.57 Å². The molecule has 1 aromatic rings. The zero-order valence-corrected chi connectivity index (χ0v) is 13.7. The van der Waals surface area contributed by atoms with Gasteiger partial charge in [-0.2, -0.15) is 0 Å². The van der Waals surface area contributed by atoms with Gasteiger partial charge in [-0.15, -0.1) is 0 Å². The van der Waals surface area contributed by atoms with Gasteiger partial charge in [-0.05, 0) is 55.5 Å². The van der Waals surface area contributed by atoms with Crippen LogP contribution in [0.3, 0.4) is 0 Å². The van der Waals surface area contributed by atoms with Crippen LogP contribution in [-0.2, 0) is 14.3 Å². The van der Waals surface area contributed by atoms with Gasteiger partial charge in [0.2, 0.25) is 5.91 Å². The molecule has 0 heterocycles. The van der Waals surface area contributed by atoms with Gasteiger partial charge in [0, 0.05) is 10.5 Å². The first kappa shape index (κ1) is 15.9. The lowest BCUT2D eigenvalue weighted by molar-refractivity contribution is -0.153. The number of benzene rings is 1. The molecule has 0 saturated heterocycles. The van der Waals surface area contributed by atoms with E-state index in [4.69, 9.17) is 4.74 Å². The second-order valence-electron chi connectivity index (χ2n) is 5.14. The minimum atomic E-state index is -0.552. The topological polar surface area (TPSA) is 46.6 Å². The number of halogens is 1. The molecular weight excluding hydrogens is 357 g/mol. The normalized spacial score (nSPS) is 11.0. The summed E-state index contributed by atoms with van der Waals surface area (Å²) < 4.78 is 6.16. The first-order chi connectivity index (χ1) is 8.70. The standard InChI is InChI=1S/C14H18INO3/c1-10(17)16(9-13(18)19-14(2,3)4)12-8-6-5-7-11(12)15/h5-8H,9H2,1-4H3. The average Bonchev–Trinajstić information content (AvgIpc) is 2.24. The lowest BCUT2D eigenvalue weighted by atomic mass is 10.2. The lowest BCUT2D eigenvalue weighted by Gasteiger charge is -2.25. The van der Waals surface area contributed by atoms with E-state index in [9.17, 15) is 9.59 Å². The van der Waals surface area contributed by atoms with Crippen molar-refractivity contribution >= 4 is 40.2 Å². The zero-order valence-electron chi connectivity index (χ0n) is 11.6. The summed E-state index contributed by atoms with van der Waals surface area (Å²) in [5.41, 5.74) is 0.171. The van der Waals surface area contributed by atoms with Gasteiger partial charge in [0.05, 0.1) is 5.69 Å². The summed E-state index contributed by atoms with van der Waals surface area (Å²) >= 11 is 2.14. The molecule has 19 heavy (non-hydrogen) atoms. The molecule has 104 valence electrons. The van der Waals surface area contributed by atoms with E-state index in [-0.39, 0.29) is 12.5 Å². The van der Waals surface area contributed by atoms with E-state index in [0.717, 1.165) is 9.26 Å². The number of nitrogens with zero attached hydrogens (tertiary/aromatic N) is 1. The molecule has 0 radical (unpaired) electrons. The van der Waals surface area contributed by atoms with Gasteiger partial charge in [-0.3, -0.25) is 9.59 Å². The summed E-state index contributed by atoms with van der Waals surface area (Å²) in [5, 5.41) is 0. The minimum Gasteiger partial charge on any atom is -0.459 e. The second kappa shape index (κ2) is 6.36. The summed E-state index contributed by atoms with van der Waals surface area (Å²) in [6.07, 6.45) is 0. The van der Waals surface area contributed by atoms with Gasteiger partial charge < -0.3 is 9.64 Å². The van der Waals surface area contributed by atoms with Gasteiger partial charge in [0.25, 0.3) is 0 Å². The number of carbonyl (C=O) groups excluding carboxylic acids is 2. The molecule has 4 nitrogen and oxygen atoms in total. The number of rotatable bonds is 3. The molecule has 0 aromatic heterocycles. The number of ether oxygens (including phenoxy) is 1. The molecule has 0 saturated carbocycles. The molecule has 0 fully saturated rings. The summed E-state index contributed by atoms with van der Waals surface area (Å²) in [7, 11) is 0. The smallest absolute Gasteiger partial charge is 0.326 e. The third-order valence-electron chi connectivity index (χ3n) is 2.23. The maximum absolute atomic E-state index is 11.8. The molecule has 0 aliphatic heterocycles. The van der Waals surface area contributed by atoms with Crippen molar-refractivity contribution in [3.8, 4) is 0 Å². The molecule has 0 atom stereocenters. The lowest BCUT2D eigenvalue weighted by Crippen LogP contribution is -2.38.